The second-order valence-electron chi connectivity index (χ2n) is 8.51. The fraction of sp³-hybridized carbons (Fsp3) is 0.375. The highest BCUT2D eigenvalue weighted by Gasteiger charge is 2.32. The molecule has 0 N–H and O–H groups in total. The number of amides is 2. The summed E-state index contributed by atoms with van der Waals surface area (Å²) in [5.41, 5.74) is 1.70. The summed E-state index contributed by atoms with van der Waals surface area (Å²) in [6, 6.07) is 12.9. The first kappa shape index (κ1) is 23.3. The van der Waals surface area contributed by atoms with Crippen LogP contribution in [0.4, 0.5) is 23.7 Å². The van der Waals surface area contributed by atoms with Crippen LogP contribution in [0.3, 0.4) is 0 Å². The SMILES string of the molecule is O=C(N1CCN(C2COC2)CC1)N(Cc1ccc(-c2nnc(C(F)F)o2)cc1)c1cccc(F)c1. The number of aromatic nitrogens is 2. The number of rotatable bonds is 6. The minimum absolute atomic E-state index is 0.0142. The highest BCUT2D eigenvalue weighted by Crippen LogP contribution is 2.26. The fourth-order valence-corrected chi connectivity index (χ4v) is 4.17. The molecular weight excluding hydrogens is 463 g/mol. The Bertz CT molecular complexity index is 1160. The Morgan fingerprint density at radius 3 is 2.40 bits per heavy atom. The fourth-order valence-electron chi connectivity index (χ4n) is 4.17. The van der Waals surface area contributed by atoms with Crippen LogP contribution in [-0.4, -0.2) is 71.5 Å². The molecular formula is C24H24F3N5O3. The van der Waals surface area contributed by atoms with Crippen LogP contribution in [-0.2, 0) is 11.3 Å². The third kappa shape index (κ3) is 5.15. The van der Waals surface area contributed by atoms with E-state index in [1.165, 1.54) is 12.1 Å². The van der Waals surface area contributed by atoms with Gasteiger partial charge in [0.2, 0.25) is 5.89 Å². The van der Waals surface area contributed by atoms with Gasteiger partial charge in [-0.25, -0.2) is 9.18 Å². The molecule has 0 radical (unpaired) electrons. The Morgan fingerprint density at radius 1 is 1.06 bits per heavy atom. The van der Waals surface area contributed by atoms with Crippen LogP contribution < -0.4 is 4.90 Å². The molecule has 5 rings (SSSR count). The zero-order valence-corrected chi connectivity index (χ0v) is 18.8. The van der Waals surface area contributed by atoms with Crippen molar-refractivity contribution < 1.29 is 27.1 Å². The van der Waals surface area contributed by atoms with E-state index in [2.05, 4.69) is 15.1 Å². The lowest BCUT2D eigenvalue weighted by atomic mass is 10.1. The van der Waals surface area contributed by atoms with Gasteiger partial charge in [-0.05, 0) is 35.9 Å². The van der Waals surface area contributed by atoms with Crippen molar-refractivity contribution in [2.24, 2.45) is 0 Å². The van der Waals surface area contributed by atoms with E-state index in [1.54, 1.807) is 46.2 Å². The third-order valence-corrected chi connectivity index (χ3v) is 6.24. The average Bonchev–Trinajstić information content (AvgIpc) is 3.33. The summed E-state index contributed by atoms with van der Waals surface area (Å²) in [6.45, 7) is 4.32. The van der Waals surface area contributed by atoms with E-state index in [0.29, 0.717) is 30.4 Å². The van der Waals surface area contributed by atoms with E-state index in [-0.39, 0.29) is 18.5 Å². The van der Waals surface area contributed by atoms with E-state index < -0.39 is 18.1 Å². The topological polar surface area (TPSA) is 74.9 Å². The number of alkyl halides is 2. The summed E-state index contributed by atoms with van der Waals surface area (Å²) in [5, 5.41) is 6.99. The van der Waals surface area contributed by atoms with Gasteiger partial charge in [0, 0.05) is 37.4 Å². The quantitative estimate of drug-likeness (QED) is 0.524. The predicted octanol–water partition coefficient (Wildman–Crippen LogP) is 3.96. The summed E-state index contributed by atoms with van der Waals surface area (Å²) >= 11 is 0. The molecule has 8 nitrogen and oxygen atoms in total. The molecule has 0 atom stereocenters. The van der Waals surface area contributed by atoms with Crippen LogP contribution in [0.25, 0.3) is 11.5 Å². The van der Waals surface area contributed by atoms with Gasteiger partial charge in [0.05, 0.1) is 25.8 Å². The van der Waals surface area contributed by atoms with Gasteiger partial charge in [0.1, 0.15) is 5.82 Å². The zero-order valence-electron chi connectivity index (χ0n) is 18.8. The minimum Gasteiger partial charge on any atom is -0.415 e. The Labute approximate surface area is 199 Å². The van der Waals surface area contributed by atoms with Gasteiger partial charge < -0.3 is 14.1 Å². The Morgan fingerprint density at radius 2 is 1.80 bits per heavy atom. The maximum atomic E-state index is 14.0. The normalized spacial score (nSPS) is 17.0. The summed E-state index contributed by atoms with van der Waals surface area (Å²) < 4.78 is 49.7. The van der Waals surface area contributed by atoms with Crippen molar-refractivity contribution in [1.29, 1.82) is 0 Å². The van der Waals surface area contributed by atoms with E-state index in [4.69, 9.17) is 9.15 Å². The molecule has 1 aromatic heterocycles. The van der Waals surface area contributed by atoms with Gasteiger partial charge in [-0.2, -0.15) is 8.78 Å². The number of ether oxygens (including phenoxy) is 1. The number of carbonyl (C=O) groups excluding carboxylic acids is 1. The number of piperazine rings is 1. The van der Waals surface area contributed by atoms with Crippen LogP contribution in [0, 0.1) is 5.82 Å². The molecule has 3 heterocycles. The molecule has 2 aliphatic heterocycles. The zero-order chi connectivity index (χ0) is 24.4. The summed E-state index contributed by atoms with van der Waals surface area (Å²) in [5.74, 6) is -1.19. The molecule has 0 bridgehead atoms. The van der Waals surface area contributed by atoms with Crippen LogP contribution in [0.2, 0.25) is 0 Å². The Hall–Kier alpha value is -3.44. The molecule has 35 heavy (non-hydrogen) atoms. The van der Waals surface area contributed by atoms with Crippen LogP contribution in [0.15, 0.2) is 52.9 Å². The largest absolute Gasteiger partial charge is 0.415 e. The molecule has 0 saturated carbocycles. The van der Waals surface area contributed by atoms with Gasteiger partial charge in [0.15, 0.2) is 0 Å². The Balaban J connectivity index is 1.32. The smallest absolute Gasteiger partial charge is 0.324 e. The first-order chi connectivity index (χ1) is 17.0. The molecule has 2 aromatic carbocycles. The third-order valence-electron chi connectivity index (χ3n) is 6.24. The summed E-state index contributed by atoms with van der Waals surface area (Å²) in [4.78, 5) is 19.2. The minimum atomic E-state index is -2.84. The maximum Gasteiger partial charge on any atom is 0.324 e. The Kier molecular flexibility index (Phi) is 6.69. The predicted molar refractivity (Wildman–Crippen MR) is 120 cm³/mol. The van der Waals surface area contributed by atoms with Crippen molar-refractivity contribution in [3.8, 4) is 11.5 Å². The highest BCUT2D eigenvalue weighted by atomic mass is 19.3. The molecule has 0 unspecified atom stereocenters. The van der Waals surface area contributed by atoms with Crippen LogP contribution >= 0.6 is 0 Å². The molecule has 2 amide bonds. The van der Waals surface area contributed by atoms with E-state index in [0.717, 1.165) is 31.9 Å². The maximum absolute atomic E-state index is 14.0. The number of hydrogen-bond acceptors (Lipinski definition) is 6. The number of anilines is 1. The van der Waals surface area contributed by atoms with Gasteiger partial charge in [-0.3, -0.25) is 9.80 Å². The number of hydrogen-bond donors (Lipinski definition) is 0. The molecule has 184 valence electrons. The van der Waals surface area contributed by atoms with Gasteiger partial charge in [-0.15, -0.1) is 10.2 Å². The molecule has 11 heteroatoms. The van der Waals surface area contributed by atoms with Crippen molar-refractivity contribution in [2.75, 3.05) is 44.3 Å². The van der Waals surface area contributed by atoms with Crippen molar-refractivity contribution in [3.05, 3.63) is 65.8 Å². The van der Waals surface area contributed by atoms with Gasteiger partial charge in [0.25, 0.3) is 5.89 Å². The van der Waals surface area contributed by atoms with Crippen LogP contribution in [0.5, 0.6) is 0 Å². The number of halogens is 3. The number of nitrogens with zero attached hydrogens (tertiary/aromatic N) is 5. The lowest BCUT2D eigenvalue weighted by Gasteiger charge is -2.43. The van der Waals surface area contributed by atoms with Crippen molar-refractivity contribution >= 4 is 11.7 Å². The molecule has 2 fully saturated rings. The van der Waals surface area contributed by atoms with Gasteiger partial charge >= 0.3 is 12.5 Å². The van der Waals surface area contributed by atoms with Crippen molar-refractivity contribution in [1.82, 2.24) is 20.0 Å². The van der Waals surface area contributed by atoms with Crippen molar-refractivity contribution in [2.45, 2.75) is 19.0 Å². The molecule has 0 spiro atoms. The first-order valence-corrected chi connectivity index (χ1v) is 11.3. The molecule has 2 saturated heterocycles. The summed E-state index contributed by atoms with van der Waals surface area (Å²) in [6.07, 6.45) is -2.84. The van der Waals surface area contributed by atoms with E-state index in [1.807, 2.05) is 0 Å². The van der Waals surface area contributed by atoms with Crippen molar-refractivity contribution in [3.63, 3.8) is 0 Å². The number of urea groups is 1. The van der Waals surface area contributed by atoms with Crippen LogP contribution in [0.1, 0.15) is 17.9 Å². The lowest BCUT2D eigenvalue weighted by Crippen LogP contribution is -2.59. The van der Waals surface area contributed by atoms with E-state index >= 15 is 0 Å². The second-order valence-corrected chi connectivity index (χ2v) is 8.51. The first-order valence-electron chi connectivity index (χ1n) is 11.3. The summed E-state index contributed by atoms with van der Waals surface area (Å²) in [7, 11) is 0. The average molecular weight is 487 g/mol. The monoisotopic (exact) mass is 487 g/mol. The standard InChI is InChI=1S/C24H24F3N5O3/c25-18-2-1-3-19(12-18)32(24(33)31-10-8-30(9-11-31)20-14-34-15-20)13-16-4-6-17(7-5-16)22-28-29-23(35-22)21(26)27/h1-7,12,20-21H,8-11,13-15H2. The van der Waals surface area contributed by atoms with E-state index in [9.17, 15) is 18.0 Å². The molecule has 0 aliphatic carbocycles. The van der Waals surface area contributed by atoms with Gasteiger partial charge in [-0.1, -0.05) is 18.2 Å². The lowest BCUT2D eigenvalue weighted by molar-refractivity contribution is -0.0738. The highest BCUT2D eigenvalue weighted by molar-refractivity contribution is 5.92. The number of benzene rings is 2. The second kappa shape index (κ2) is 10.0. The molecule has 3 aromatic rings. The molecule has 2 aliphatic rings. The number of carbonyl (C=O) groups is 1.